The first-order valence-electron chi connectivity index (χ1n) is 16.8. The third-order valence-corrected chi connectivity index (χ3v) is 8.95. The van der Waals surface area contributed by atoms with Crippen molar-refractivity contribution >= 4 is 44.5 Å². The summed E-state index contributed by atoms with van der Waals surface area (Å²) in [6.07, 6.45) is 0. The number of fused-ring (bicyclic) bond motifs is 9. The van der Waals surface area contributed by atoms with E-state index in [1.807, 2.05) is 54.6 Å². The van der Waals surface area contributed by atoms with Gasteiger partial charge in [-0.1, -0.05) is 78.0 Å². The predicted molar refractivity (Wildman–Crippen MR) is 209 cm³/mol. The van der Waals surface area contributed by atoms with Crippen LogP contribution in [0.25, 0.3) is 55.6 Å². The number of aromatic amines is 2. The van der Waals surface area contributed by atoms with Crippen LogP contribution >= 0.6 is 0 Å². The number of rotatable bonds is 4. The van der Waals surface area contributed by atoms with E-state index in [-0.39, 0.29) is 51.2 Å². The summed E-state index contributed by atoms with van der Waals surface area (Å²) in [5, 5.41) is 57.6. The Morgan fingerprint density at radius 3 is 1.69 bits per heavy atom. The van der Waals surface area contributed by atoms with Crippen molar-refractivity contribution < 1.29 is 9.63 Å². The molecule has 59 heavy (non-hydrogen) atoms. The Kier molecular flexibility index (Phi) is 9.88. The highest BCUT2D eigenvalue weighted by Crippen LogP contribution is 2.44. The van der Waals surface area contributed by atoms with Gasteiger partial charge in [0.05, 0.1) is 17.1 Å². The molecule has 0 spiro atoms. The van der Waals surface area contributed by atoms with Crippen molar-refractivity contribution in [2.24, 2.45) is 21.2 Å². The van der Waals surface area contributed by atoms with Crippen LogP contribution in [-0.4, -0.2) is 48.6 Å². The molecule has 4 aromatic rings. The van der Waals surface area contributed by atoms with Crippen LogP contribution in [0.2, 0.25) is 0 Å². The topological polar surface area (TPSA) is 326 Å². The molecule has 278 valence electrons. The molecule has 3 aromatic carbocycles. The van der Waals surface area contributed by atoms with Crippen LogP contribution in [0, 0.1) is 66.5 Å². The van der Waals surface area contributed by atoms with Crippen molar-refractivity contribution in [3.8, 4) is 64.4 Å². The minimum Gasteiger partial charge on any atom is -0.399 e. The lowest BCUT2D eigenvalue weighted by Crippen LogP contribution is -2.17. The second-order valence-electron chi connectivity index (χ2n) is 12.0. The molecule has 2 aliphatic heterocycles. The van der Waals surface area contributed by atoms with Crippen LogP contribution in [0.5, 0.6) is 0 Å². The normalized spacial score (nSPS) is 11.4. The second kappa shape index (κ2) is 15.5. The van der Waals surface area contributed by atoms with E-state index in [0.717, 1.165) is 16.5 Å². The number of benzene rings is 3. The Morgan fingerprint density at radius 2 is 1.12 bits per heavy atom. The predicted octanol–water partition coefficient (Wildman–Crippen LogP) is 6.44. The summed E-state index contributed by atoms with van der Waals surface area (Å²) in [5.74, 6) is -0.790. The smallest absolute Gasteiger partial charge is 0.268 e. The summed E-state index contributed by atoms with van der Waals surface area (Å²) in [5.41, 5.74) is 10.1. The van der Waals surface area contributed by atoms with Gasteiger partial charge >= 0.3 is 0 Å². The monoisotopic (exact) mass is 773 g/mol. The van der Waals surface area contributed by atoms with Gasteiger partial charge in [-0.3, -0.25) is 4.79 Å². The lowest BCUT2D eigenvalue weighted by atomic mass is 10.1. The average Bonchev–Trinajstić information content (AvgIpc) is 3.89. The zero-order chi connectivity index (χ0) is 41.8. The molecule has 1 aromatic heterocycles. The molecule has 9 rings (SSSR count). The number of oxime groups is 1. The lowest BCUT2D eigenvalue weighted by molar-refractivity contribution is 0.0995. The SMILES string of the molecule is CON=C1c2ccccc2-c2nc(C#N)c(C#N)nc21.N#Cc1nc2c(N=O)c3ccccc3c-2[nH]c1C(N)=O.N#Cc1nc2c3ccccc3c(N=O)c-2[nH]c1C#N. The molecule has 0 radical (unpaired) electrons. The summed E-state index contributed by atoms with van der Waals surface area (Å²) in [4.78, 5) is 60.4. The third kappa shape index (κ3) is 6.27. The molecule has 3 aliphatic carbocycles. The van der Waals surface area contributed by atoms with E-state index in [9.17, 15) is 14.6 Å². The van der Waals surface area contributed by atoms with Gasteiger partial charge in [-0.2, -0.15) is 26.3 Å². The highest BCUT2D eigenvalue weighted by Gasteiger charge is 2.30. The number of hydrogen-bond acceptors (Lipinski definition) is 16. The minimum absolute atomic E-state index is 0.00296. The molecule has 5 aliphatic rings. The van der Waals surface area contributed by atoms with E-state index in [0.29, 0.717) is 50.3 Å². The van der Waals surface area contributed by atoms with Crippen LogP contribution in [0.3, 0.4) is 0 Å². The van der Waals surface area contributed by atoms with Crippen molar-refractivity contribution in [2.75, 3.05) is 7.11 Å². The summed E-state index contributed by atoms with van der Waals surface area (Å²) in [6, 6.07) is 30.9. The molecule has 3 heterocycles. The van der Waals surface area contributed by atoms with E-state index in [1.165, 1.54) is 7.11 Å². The van der Waals surface area contributed by atoms with E-state index >= 15 is 0 Å². The van der Waals surface area contributed by atoms with Crippen molar-refractivity contribution in [1.29, 1.82) is 26.3 Å². The van der Waals surface area contributed by atoms with E-state index in [4.69, 9.17) is 36.9 Å². The Bertz CT molecular complexity index is 3260. The minimum atomic E-state index is -0.790. The van der Waals surface area contributed by atoms with Crippen molar-refractivity contribution in [1.82, 2.24) is 29.9 Å². The number of hydrogen-bond donors (Lipinski definition) is 3. The zero-order valence-electron chi connectivity index (χ0n) is 30.0. The first kappa shape index (κ1) is 37.5. The van der Waals surface area contributed by atoms with Crippen molar-refractivity contribution in [2.45, 2.75) is 0 Å². The number of primary amides is 1. The fourth-order valence-corrected chi connectivity index (χ4v) is 6.49. The first-order valence-corrected chi connectivity index (χ1v) is 16.8. The van der Waals surface area contributed by atoms with Crippen molar-refractivity contribution in [3.63, 3.8) is 0 Å². The maximum Gasteiger partial charge on any atom is 0.268 e. The molecule has 19 nitrogen and oxygen atoms in total. The average molecular weight is 774 g/mol. The van der Waals surface area contributed by atoms with Gasteiger partial charge in [0.1, 0.15) is 77.3 Å². The van der Waals surface area contributed by atoms with Gasteiger partial charge < -0.3 is 20.5 Å². The van der Waals surface area contributed by atoms with Crippen LogP contribution in [0.4, 0.5) is 11.4 Å². The lowest BCUT2D eigenvalue weighted by Gasteiger charge is -2.05. The number of amides is 1. The number of nitriles is 5. The molecule has 0 unspecified atom stereocenters. The van der Waals surface area contributed by atoms with Gasteiger partial charge in [0, 0.05) is 32.7 Å². The molecular formula is C40H19N15O4. The van der Waals surface area contributed by atoms with Gasteiger partial charge in [0.25, 0.3) is 5.91 Å². The number of carbonyl (C=O) groups excluding carboxylic acids is 1. The van der Waals surface area contributed by atoms with Crippen molar-refractivity contribution in [3.05, 3.63) is 128 Å². The maximum absolute atomic E-state index is 11.4. The molecule has 0 atom stereocenters. The number of nitrogens with one attached hydrogen (secondary N) is 2. The summed E-state index contributed by atoms with van der Waals surface area (Å²) >= 11 is 0. The van der Waals surface area contributed by atoms with E-state index in [1.54, 1.807) is 48.5 Å². The quantitative estimate of drug-likeness (QED) is 0.128. The van der Waals surface area contributed by atoms with Crippen LogP contribution in [0.1, 0.15) is 50.2 Å². The number of carbonyl (C=O) groups is 1. The molecule has 19 heteroatoms. The molecule has 4 N–H and O–H groups in total. The third-order valence-electron chi connectivity index (χ3n) is 8.95. The number of nitroso groups, excluding NO2 is 2. The van der Waals surface area contributed by atoms with E-state index < -0.39 is 5.91 Å². The maximum atomic E-state index is 11.4. The fourth-order valence-electron chi connectivity index (χ4n) is 6.49. The molecule has 0 saturated heterocycles. The number of nitrogens with zero attached hydrogens (tertiary/aromatic N) is 12. The number of nitrogens with two attached hydrogens (primary N) is 1. The summed E-state index contributed by atoms with van der Waals surface area (Å²) in [6.45, 7) is 0. The Hall–Kier alpha value is -9.77. The molecule has 1 amide bonds. The zero-order valence-corrected chi connectivity index (χ0v) is 30.0. The fraction of sp³-hybridized carbons (Fsp3) is 0.0250. The standard InChI is InChI=1S/C14H7N5O.C13H7N5O2.C13H5N5O/c1-20-19-13-9-5-3-2-4-8(9)12-14(13)18-11(7-16)10(6-15)17-12;14-5-8-11(13(15)19)17-9-6-3-1-2-4-7(6)10(18-20)12(9)16-8;14-5-9-10(6-15)17-13-11(16-9)7-3-1-2-4-8(7)12(13)18-19/h2-5H,1H3;1-4,17H,(H2,15,19);1-4,17H. The summed E-state index contributed by atoms with van der Waals surface area (Å²) in [7, 11) is 1.44. The van der Waals surface area contributed by atoms with Crippen LogP contribution in [0.15, 0.2) is 88.3 Å². The molecule has 0 saturated carbocycles. The van der Waals surface area contributed by atoms with Crippen LogP contribution < -0.4 is 5.73 Å². The highest BCUT2D eigenvalue weighted by molar-refractivity contribution is 6.22. The molecule has 0 fully saturated rings. The van der Waals surface area contributed by atoms with Gasteiger partial charge in [-0.25, -0.2) is 19.9 Å². The highest BCUT2D eigenvalue weighted by atomic mass is 16.6. The van der Waals surface area contributed by atoms with Gasteiger partial charge in [-0.05, 0) is 10.4 Å². The number of H-pyrrole nitrogens is 2. The van der Waals surface area contributed by atoms with Gasteiger partial charge in [0.2, 0.25) is 0 Å². The second-order valence-corrected chi connectivity index (χ2v) is 12.0. The summed E-state index contributed by atoms with van der Waals surface area (Å²) < 4.78 is 0. The largest absolute Gasteiger partial charge is 0.399 e. The number of aromatic nitrogens is 6. The Morgan fingerprint density at radius 1 is 0.593 bits per heavy atom. The molecule has 0 bridgehead atoms. The molecular weight excluding hydrogens is 755 g/mol. The van der Waals surface area contributed by atoms with Crippen LogP contribution in [-0.2, 0) is 4.84 Å². The Labute approximate surface area is 330 Å². The first-order chi connectivity index (χ1) is 28.8. The van der Waals surface area contributed by atoms with E-state index in [2.05, 4.69) is 45.4 Å². The van der Waals surface area contributed by atoms with Gasteiger partial charge in [-0.15, -0.1) is 9.81 Å². The van der Waals surface area contributed by atoms with Gasteiger partial charge in [0.15, 0.2) is 28.5 Å². The Balaban J connectivity index is 0.000000134.